The van der Waals surface area contributed by atoms with Gasteiger partial charge in [0.1, 0.15) is 0 Å². The lowest BCUT2D eigenvalue weighted by atomic mass is 9.93. The highest BCUT2D eigenvalue weighted by Crippen LogP contribution is 2.23. The number of nitrogens with two attached hydrogens (primary N) is 1. The number of piperidine rings is 1. The number of carbonyl (C=O) groups excluding carboxylic acids is 1. The largest absolute Gasteiger partial charge is 0.459 e. The summed E-state index contributed by atoms with van der Waals surface area (Å²) in [7, 11) is 0. The number of hydrazine groups is 1. The number of nitrogen functional groups attached to an aromatic ring is 1. The summed E-state index contributed by atoms with van der Waals surface area (Å²) in [5.41, 5.74) is 2.32. The molecule has 1 saturated heterocycles. The second kappa shape index (κ2) is 5.09. The highest BCUT2D eigenvalue weighted by Gasteiger charge is 2.28. The van der Waals surface area contributed by atoms with Crippen molar-refractivity contribution >= 4 is 5.91 Å². The SMILES string of the molecule is CC1(O)CCN(Cc2ccoc2C(=O)NN)CC1. The summed E-state index contributed by atoms with van der Waals surface area (Å²) < 4.78 is 5.13. The summed E-state index contributed by atoms with van der Waals surface area (Å²) in [6.45, 7) is 4.11. The summed E-state index contributed by atoms with van der Waals surface area (Å²) in [4.78, 5) is 13.6. The fraction of sp³-hybridized carbons (Fsp3) is 0.583. The molecular weight excluding hydrogens is 234 g/mol. The molecule has 0 saturated carbocycles. The molecule has 0 aromatic carbocycles. The van der Waals surface area contributed by atoms with Gasteiger partial charge in [0.05, 0.1) is 11.9 Å². The zero-order valence-electron chi connectivity index (χ0n) is 10.5. The van der Waals surface area contributed by atoms with Crippen LogP contribution >= 0.6 is 0 Å². The molecule has 6 heteroatoms. The predicted molar refractivity (Wildman–Crippen MR) is 65.5 cm³/mol. The predicted octanol–water partition coefficient (Wildman–Crippen LogP) is 0.230. The van der Waals surface area contributed by atoms with E-state index in [2.05, 4.69) is 10.3 Å². The van der Waals surface area contributed by atoms with Crippen molar-refractivity contribution in [2.45, 2.75) is 31.9 Å². The highest BCUT2D eigenvalue weighted by atomic mass is 16.3. The summed E-state index contributed by atoms with van der Waals surface area (Å²) >= 11 is 0. The Bertz CT molecular complexity index is 418. The third-order valence-electron chi connectivity index (χ3n) is 3.41. The van der Waals surface area contributed by atoms with E-state index in [1.807, 2.05) is 6.92 Å². The van der Waals surface area contributed by atoms with E-state index in [9.17, 15) is 9.90 Å². The van der Waals surface area contributed by atoms with Crippen LogP contribution < -0.4 is 11.3 Å². The van der Waals surface area contributed by atoms with Crippen molar-refractivity contribution in [3.05, 3.63) is 23.7 Å². The van der Waals surface area contributed by atoms with E-state index >= 15 is 0 Å². The molecule has 0 bridgehead atoms. The monoisotopic (exact) mass is 253 g/mol. The normalized spacial score (nSPS) is 19.7. The van der Waals surface area contributed by atoms with Gasteiger partial charge in [-0.25, -0.2) is 5.84 Å². The second-order valence-electron chi connectivity index (χ2n) is 5.02. The molecule has 1 fully saturated rings. The molecule has 1 aromatic rings. The van der Waals surface area contributed by atoms with E-state index in [1.165, 1.54) is 6.26 Å². The third-order valence-corrected chi connectivity index (χ3v) is 3.41. The van der Waals surface area contributed by atoms with Crippen LogP contribution in [0.4, 0.5) is 0 Å². The first-order chi connectivity index (χ1) is 8.52. The third kappa shape index (κ3) is 2.90. The van der Waals surface area contributed by atoms with Gasteiger partial charge in [-0.2, -0.15) is 0 Å². The zero-order valence-corrected chi connectivity index (χ0v) is 10.5. The zero-order chi connectivity index (χ0) is 13.2. The number of aliphatic hydroxyl groups is 1. The first-order valence-corrected chi connectivity index (χ1v) is 6.04. The Labute approximate surface area is 106 Å². The minimum Gasteiger partial charge on any atom is -0.459 e. The number of carbonyl (C=O) groups is 1. The number of rotatable bonds is 3. The van der Waals surface area contributed by atoms with Gasteiger partial charge in [0.15, 0.2) is 5.76 Å². The summed E-state index contributed by atoms with van der Waals surface area (Å²) in [5, 5.41) is 9.87. The van der Waals surface area contributed by atoms with Crippen LogP contribution in [0.15, 0.2) is 16.7 Å². The first kappa shape index (κ1) is 13.1. The molecule has 18 heavy (non-hydrogen) atoms. The fourth-order valence-corrected chi connectivity index (χ4v) is 2.16. The quantitative estimate of drug-likeness (QED) is 0.407. The molecule has 4 N–H and O–H groups in total. The number of furan rings is 1. The Morgan fingerprint density at radius 2 is 2.28 bits per heavy atom. The minimum atomic E-state index is -0.565. The average Bonchev–Trinajstić information content (AvgIpc) is 2.79. The average molecular weight is 253 g/mol. The number of hydrogen-bond donors (Lipinski definition) is 3. The molecule has 0 atom stereocenters. The van der Waals surface area contributed by atoms with Gasteiger partial charge in [-0.15, -0.1) is 0 Å². The van der Waals surface area contributed by atoms with E-state index < -0.39 is 11.5 Å². The highest BCUT2D eigenvalue weighted by molar-refractivity contribution is 5.92. The number of hydrogen-bond acceptors (Lipinski definition) is 5. The minimum absolute atomic E-state index is 0.259. The molecule has 1 amide bonds. The van der Waals surface area contributed by atoms with Crippen LogP contribution in [0.5, 0.6) is 0 Å². The fourth-order valence-electron chi connectivity index (χ4n) is 2.16. The number of nitrogens with one attached hydrogen (secondary N) is 1. The van der Waals surface area contributed by atoms with E-state index in [-0.39, 0.29) is 5.76 Å². The van der Waals surface area contributed by atoms with Crippen molar-refractivity contribution in [2.75, 3.05) is 13.1 Å². The Balaban J connectivity index is 1.98. The van der Waals surface area contributed by atoms with Gasteiger partial charge in [-0.05, 0) is 25.8 Å². The topological polar surface area (TPSA) is 91.7 Å². The molecule has 1 aliphatic heterocycles. The molecule has 0 radical (unpaired) electrons. The smallest absolute Gasteiger partial charge is 0.301 e. The van der Waals surface area contributed by atoms with E-state index in [4.69, 9.17) is 10.3 Å². The molecule has 6 nitrogen and oxygen atoms in total. The van der Waals surface area contributed by atoms with Crippen LogP contribution in [0.3, 0.4) is 0 Å². The molecule has 2 rings (SSSR count). The van der Waals surface area contributed by atoms with Crippen molar-refractivity contribution in [1.29, 1.82) is 0 Å². The van der Waals surface area contributed by atoms with Gasteiger partial charge < -0.3 is 9.52 Å². The summed E-state index contributed by atoms with van der Waals surface area (Å²) in [5.74, 6) is 4.94. The van der Waals surface area contributed by atoms with Gasteiger partial charge in [0.2, 0.25) is 0 Å². The van der Waals surface area contributed by atoms with Gasteiger partial charge in [0.25, 0.3) is 0 Å². The van der Waals surface area contributed by atoms with Gasteiger partial charge in [-0.1, -0.05) is 0 Å². The first-order valence-electron chi connectivity index (χ1n) is 6.04. The summed E-state index contributed by atoms with van der Waals surface area (Å²) in [6, 6.07) is 1.78. The van der Waals surface area contributed by atoms with Gasteiger partial charge in [-0.3, -0.25) is 15.1 Å². The van der Waals surface area contributed by atoms with Crippen LogP contribution in [0, 0.1) is 0 Å². The van der Waals surface area contributed by atoms with Crippen molar-refractivity contribution in [1.82, 2.24) is 10.3 Å². The van der Waals surface area contributed by atoms with Crippen molar-refractivity contribution in [3.63, 3.8) is 0 Å². The maximum Gasteiger partial charge on any atom is 0.301 e. The maximum absolute atomic E-state index is 11.5. The lowest BCUT2D eigenvalue weighted by Gasteiger charge is -2.35. The lowest BCUT2D eigenvalue weighted by molar-refractivity contribution is -0.00741. The van der Waals surface area contributed by atoms with Crippen LogP contribution in [0.25, 0.3) is 0 Å². The van der Waals surface area contributed by atoms with Crippen molar-refractivity contribution in [3.8, 4) is 0 Å². The Morgan fingerprint density at radius 3 is 2.89 bits per heavy atom. The van der Waals surface area contributed by atoms with Crippen LogP contribution in [-0.2, 0) is 6.54 Å². The number of nitrogens with zero attached hydrogens (tertiary/aromatic N) is 1. The van der Waals surface area contributed by atoms with E-state index in [0.717, 1.165) is 31.5 Å². The number of amides is 1. The summed E-state index contributed by atoms with van der Waals surface area (Å²) in [6.07, 6.45) is 2.96. The molecular formula is C12H19N3O3. The van der Waals surface area contributed by atoms with E-state index in [0.29, 0.717) is 6.54 Å². The molecule has 1 aliphatic rings. The second-order valence-corrected chi connectivity index (χ2v) is 5.02. The molecule has 100 valence electrons. The molecule has 1 aromatic heterocycles. The Kier molecular flexibility index (Phi) is 3.70. The van der Waals surface area contributed by atoms with Crippen LogP contribution in [0.1, 0.15) is 35.9 Å². The van der Waals surface area contributed by atoms with E-state index in [1.54, 1.807) is 6.07 Å². The van der Waals surface area contributed by atoms with Gasteiger partial charge in [0, 0.05) is 25.2 Å². The van der Waals surface area contributed by atoms with Gasteiger partial charge >= 0.3 is 5.91 Å². The van der Waals surface area contributed by atoms with Crippen molar-refractivity contribution in [2.24, 2.45) is 5.84 Å². The molecule has 2 heterocycles. The maximum atomic E-state index is 11.5. The van der Waals surface area contributed by atoms with Crippen LogP contribution in [0.2, 0.25) is 0 Å². The Morgan fingerprint density at radius 1 is 1.61 bits per heavy atom. The molecule has 0 unspecified atom stereocenters. The standard InChI is InChI=1S/C12H19N3O3/c1-12(17)3-5-15(6-4-12)8-9-2-7-18-10(9)11(16)14-13/h2,7,17H,3-6,8,13H2,1H3,(H,14,16). The molecule has 0 spiro atoms. The Hall–Kier alpha value is -1.37. The van der Waals surface area contributed by atoms with Crippen LogP contribution in [-0.4, -0.2) is 34.6 Å². The van der Waals surface area contributed by atoms with Crippen molar-refractivity contribution < 1.29 is 14.3 Å². The lowest BCUT2D eigenvalue weighted by Crippen LogP contribution is -2.42. The molecule has 0 aliphatic carbocycles. The number of likely N-dealkylation sites (tertiary alicyclic amines) is 1.